The average Bonchev–Trinajstić information content (AvgIpc) is 3.87. The normalized spacial score (nSPS) is 16.9. The number of alkyl halides is 2. The van der Waals surface area contributed by atoms with E-state index in [1.165, 1.54) is 25.0 Å². The summed E-state index contributed by atoms with van der Waals surface area (Å²) < 4.78 is 48.2. The topological polar surface area (TPSA) is 112 Å². The molecular formula is C34H32F3N9O. The molecule has 0 bridgehead atoms. The molecule has 0 atom stereocenters. The first-order valence-electron chi connectivity index (χ1n) is 15.8. The number of hydrogen-bond acceptors (Lipinski definition) is 8. The van der Waals surface area contributed by atoms with Crippen LogP contribution in [0.5, 0.6) is 5.75 Å². The number of fused-ring (bicyclic) bond motifs is 2. The first-order valence-corrected chi connectivity index (χ1v) is 15.8. The van der Waals surface area contributed by atoms with Crippen LogP contribution in [0, 0.1) is 5.82 Å². The van der Waals surface area contributed by atoms with E-state index in [2.05, 4.69) is 35.0 Å². The van der Waals surface area contributed by atoms with Crippen LogP contribution in [0.15, 0.2) is 61.2 Å². The largest absolute Gasteiger partial charge is 0.492 e. The number of nitrogens with one attached hydrogen (secondary N) is 2. The first-order chi connectivity index (χ1) is 22.9. The van der Waals surface area contributed by atoms with E-state index in [9.17, 15) is 13.2 Å². The molecule has 2 fully saturated rings. The van der Waals surface area contributed by atoms with Crippen LogP contribution in [-0.2, 0) is 6.54 Å². The predicted molar refractivity (Wildman–Crippen MR) is 171 cm³/mol. The molecule has 10 nitrogen and oxygen atoms in total. The van der Waals surface area contributed by atoms with Gasteiger partial charge in [-0.15, -0.1) is 0 Å². The third-order valence-electron chi connectivity index (χ3n) is 8.88. The second kappa shape index (κ2) is 12.0. The number of imidazole rings is 1. The summed E-state index contributed by atoms with van der Waals surface area (Å²) in [7, 11) is 0. The van der Waals surface area contributed by atoms with Crippen molar-refractivity contribution in [2.75, 3.05) is 39.3 Å². The molecule has 2 saturated heterocycles. The Morgan fingerprint density at radius 1 is 0.894 bits per heavy atom. The van der Waals surface area contributed by atoms with Crippen LogP contribution in [-0.4, -0.2) is 90.2 Å². The zero-order chi connectivity index (χ0) is 32.0. The minimum atomic E-state index is -2.65. The van der Waals surface area contributed by atoms with E-state index in [1.54, 1.807) is 29.7 Å². The van der Waals surface area contributed by atoms with Crippen LogP contribution in [0.4, 0.5) is 13.2 Å². The van der Waals surface area contributed by atoms with Gasteiger partial charge in [0.25, 0.3) is 5.92 Å². The lowest BCUT2D eigenvalue weighted by Crippen LogP contribution is -2.25. The number of nitrogens with zero attached hydrogens (tertiary/aromatic N) is 7. The molecule has 7 heterocycles. The van der Waals surface area contributed by atoms with Crippen LogP contribution in [0.2, 0.25) is 0 Å². The van der Waals surface area contributed by atoms with Crippen LogP contribution >= 0.6 is 0 Å². The van der Waals surface area contributed by atoms with Gasteiger partial charge in [0.15, 0.2) is 17.1 Å². The number of rotatable bonds is 9. The Bertz CT molecular complexity index is 2070. The third kappa shape index (κ3) is 6.15. The summed E-state index contributed by atoms with van der Waals surface area (Å²) in [4.78, 5) is 25.6. The van der Waals surface area contributed by atoms with Crippen LogP contribution in [0.1, 0.15) is 24.8 Å². The van der Waals surface area contributed by atoms with Crippen LogP contribution < -0.4 is 4.74 Å². The van der Waals surface area contributed by atoms with Gasteiger partial charge in [-0.1, -0.05) is 0 Å². The minimum Gasteiger partial charge on any atom is -0.492 e. The highest BCUT2D eigenvalue weighted by atomic mass is 19.3. The lowest BCUT2D eigenvalue weighted by Gasteiger charge is -2.15. The third-order valence-corrected chi connectivity index (χ3v) is 8.88. The van der Waals surface area contributed by atoms with Crippen molar-refractivity contribution >= 4 is 22.2 Å². The highest BCUT2D eigenvalue weighted by Gasteiger charge is 2.38. The van der Waals surface area contributed by atoms with E-state index in [4.69, 9.17) is 9.72 Å². The van der Waals surface area contributed by atoms with Crippen molar-refractivity contribution in [3.63, 3.8) is 0 Å². The number of pyridine rings is 3. The van der Waals surface area contributed by atoms with Gasteiger partial charge in [0.05, 0.1) is 17.4 Å². The molecule has 5 aromatic heterocycles. The second-order valence-electron chi connectivity index (χ2n) is 12.3. The monoisotopic (exact) mass is 639 g/mol. The number of H-pyrrole nitrogens is 2. The van der Waals surface area contributed by atoms with Crippen molar-refractivity contribution in [1.82, 2.24) is 44.9 Å². The second-order valence-corrected chi connectivity index (χ2v) is 12.3. The maximum atomic E-state index is 14.8. The highest BCUT2D eigenvalue weighted by molar-refractivity contribution is 5.96. The van der Waals surface area contributed by atoms with Crippen molar-refractivity contribution in [2.45, 2.75) is 31.7 Å². The molecule has 240 valence electrons. The number of likely N-dealkylation sites (tertiary alicyclic amines) is 2. The molecular weight excluding hydrogens is 607 g/mol. The van der Waals surface area contributed by atoms with Gasteiger partial charge in [-0.25, -0.2) is 28.1 Å². The summed E-state index contributed by atoms with van der Waals surface area (Å²) in [6, 6.07) is 10.4. The SMILES string of the molecule is Fc1cc(OCCN2CCCC2)cc(-c2ccnc3nc(-c4[nH]nc5ncc(-c6cncc(CN7CCC(F)(F)C7)c6)cc45)[nH]c23)c1. The number of aromatic amines is 2. The molecule has 0 radical (unpaired) electrons. The summed E-state index contributed by atoms with van der Waals surface area (Å²) in [5.74, 6) is -2.06. The van der Waals surface area contributed by atoms with E-state index in [0.717, 1.165) is 47.3 Å². The van der Waals surface area contributed by atoms with E-state index in [1.807, 2.05) is 24.3 Å². The van der Waals surface area contributed by atoms with Crippen LogP contribution in [0.3, 0.4) is 0 Å². The Hall–Kier alpha value is -4.88. The summed E-state index contributed by atoms with van der Waals surface area (Å²) in [5, 5.41) is 8.16. The van der Waals surface area contributed by atoms with Gasteiger partial charge in [0.2, 0.25) is 0 Å². The van der Waals surface area contributed by atoms with Crippen molar-refractivity contribution in [3.05, 3.63) is 72.6 Å². The number of benzene rings is 1. The molecule has 0 aliphatic carbocycles. The van der Waals surface area contributed by atoms with Gasteiger partial charge < -0.3 is 9.72 Å². The molecule has 1 aromatic carbocycles. The summed E-state index contributed by atoms with van der Waals surface area (Å²) in [5.41, 5.74) is 6.07. The average molecular weight is 640 g/mol. The Balaban J connectivity index is 1.08. The zero-order valence-electron chi connectivity index (χ0n) is 25.5. The van der Waals surface area contributed by atoms with Crippen molar-refractivity contribution in [2.24, 2.45) is 0 Å². The van der Waals surface area contributed by atoms with Gasteiger partial charge in [-0.2, -0.15) is 5.10 Å². The lowest BCUT2D eigenvalue weighted by atomic mass is 10.1. The molecule has 0 spiro atoms. The lowest BCUT2D eigenvalue weighted by molar-refractivity contribution is 0.0115. The number of halogens is 3. The van der Waals surface area contributed by atoms with Gasteiger partial charge in [0.1, 0.15) is 23.9 Å². The van der Waals surface area contributed by atoms with Crippen molar-refractivity contribution in [1.29, 1.82) is 0 Å². The summed E-state index contributed by atoms with van der Waals surface area (Å²) in [6.07, 6.45) is 9.08. The molecule has 2 aliphatic heterocycles. The van der Waals surface area contributed by atoms with Gasteiger partial charge in [-0.3, -0.25) is 19.9 Å². The Morgan fingerprint density at radius 3 is 2.62 bits per heavy atom. The molecule has 13 heteroatoms. The Morgan fingerprint density at radius 2 is 1.77 bits per heavy atom. The smallest absolute Gasteiger partial charge is 0.261 e. The maximum absolute atomic E-state index is 14.8. The fourth-order valence-electron chi connectivity index (χ4n) is 6.54. The van der Waals surface area contributed by atoms with Gasteiger partial charge >= 0.3 is 0 Å². The first kappa shape index (κ1) is 29.5. The molecule has 2 aliphatic rings. The molecule has 47 heavy (non-hydrogen) atoms. The molecule has 0 unspecified atom stereocenters. The van der Waals surface area contributed by atoms with Crippen molar-refractivity contribution < 1.29 is 17.9 Å². The molecule has 8 rings (SSSR count). The Labute approximate surface area is 268 Å². The summed E-state index contributed by atoms with van der Waals surface area (Å²) in [6.45, 7) is 3.96. The predicted octanol–water partition coefficient (Wildman–Crippen LogP) is 6.08. The van der Waals surface area contributed by atoms with Gasteiger partial charge in [-0.05, 0) is 67.4 Å². The number of ether oxygens (including phenoxy) is 1. The fourth-order valence-corrected chi connectivity index (χ4v) is 6.54. The maximum Gasteiger partial charge on any atom is 0.261 e. The molecule has 6 aromatic rings. The highest BCUT2D eigenvalue weighted by Crippen LogP contribution is 2.34. The quantitative estimate of drug-likeness (QED) is 0.196. The number of hydrogen-bond donors (Lipinski definition) is 2. The van der Waals surface area contributed by atoms with Crippen LogP contribution in [0.25, 0.3) is 56.0 Å². The molecule has 2 N–H and O–H groups in total. The zero-order valence-corrected chi connectivity index (χ0v) is 25.5. The molecule has 0 saturated carbocycles. The summed E-state index contributed by atoms with van der Waals surface area (Å²) >= 11 is 0. The van der Waals surface area contributed by atoms with Gasteiger partial charge in [0, 0.05) is 73.6 Å². The molecule has 0 amide bonds. The van der Waals surface area contributed by atoms with E-state index in [-0.39, 0.29) is 13.0 Å². The number of aromatic nitrogens is 7. The van der Waals surface area contributed by atoms with E-state index < -0.39 is 11.7 Å². The van der Waals surface area contributed by atoms with E-state index >= 15 is 0 Å². The van der Waals surface area contributed by atoms with E-state index in [0.29, 0.717) is 59.3 Å². The minimum absolute atomic E-state index is 0.126. The fraction of sp³-hybridized carbons (Fsp3) is 0.324. The Kier molecular flexibility index (Phi) is 7.57. The standard InChI is InChI=1S/C34H32F3N9O/c35-25-12-22(13-26(15-25)47-10-9-45-6-1-2-7-45)27-3-5-39-32-29(27)41-33(42-32)30-28-14-24(18-40-31(28)44-43-30)23-11-21(16-38-17-23)19-46-8-4-34(36,37)20-46/h3,5,11-18H,1-2,4,6-10,19-20H2,(H,39,41,42)(H,40,43,44). The van der Waals surface area contributed by atoms with Crippen molar-refractivity contribution in [3.8, 4) is 39.5 Å².